The molecule has 3 heteroatoms. The van der Waals surface area contributed by atoms with E-state index in [0.717, 1.165) is 24.2 Å². The highest BCUT2D eigenvalue weighted by Crippen LogP contribution is 2.18. The molecule has 0 saturated carbocycles. The van der Waals surface area contributed by atoms with Gasteiger partial charge in [0.2, 0.25) is 0 Å². The van der Waals surface area contributed by atoms with Gasteiger partial charge in [0.1, 0.15) is 6.29 Å². The molecule has 15 heavy (non-hydrogen) atoms. The summed E-state index contributed by atoms with van der Waals surface area (Å²) in [6.07, 6.45) is 2.79. The maximum Gasteiger partial charge on any atom is 0.133 e. The Bertz CT molecular complexity index is 310. The van der Waals surface area contributed by atoms with E-state index in [4.69, 9.17) is 11.6 Å². The normalized spacial score (nSPS) is 14.6. The average Bonchev–Trinajstić information content (AvgIpc) is 2.21. The van der Waals surface area contributed by atoms with Gasteiger partial charge in [0, 0.05) is 5.02 Å². The Morgan fingerprint density at radius 1 is 1.40 bits per heavy atom. The van der Waals surface area contributed by atoms with E-state index in [1.807, 2.05) is 24.3 Å². The molecule has 2 unspecified atom stereocenters. The van der Waals surface area contributed by atoms with E-state index < -0.39 is 0 Å². The molecule has 0 fully saturated rings. The highest BCUT2D eigenvalue weighted by Gasteiger charge is 2.09. The molecular weight excluding hydrogens is 275 g/mol. The van der Waals surface area contributed by atoms with Gasteiger partial charge in [-0.3, -0.25) is 0 Å². The Morgan fingerprint density at radius 3 is 2.53 bits per heavy atom. The highest BCUT2D eigenvalue weighted by atomic mass is 79.9. The first-order chi connectivity index (χ1) is 7.11. The number of rotatable bonds is 5. The zero-order valence-electron chi connectivity index (χ0n) is 8.62. The molecule has 0 aliphatic rings. The van der Waals surface area contributed by atoms with Crippen LogP contribution in [0.3, 0.4) is 0 Å². The molecule has 0 N–H and O–H groups in total. The lowest BCUT2D eigenvalue weighted by Gasteiger charge is -2.12. The second-order valence-corrected chi connectivity index (χ2v) is 5.44. The molecule has 0 amide bonds. The third kappa shape index (κ3) is 4.80. The molecule has 82 valence electrons. The van der Waals surface area contributed by atoms with Crippen molar-refractivity contribution in [2.45, 2.75) is 24.6 Å². The molecule has 1 nitrogen and oxygen atoms in total. The third-order valence-electron chi connectivity index (χ3n) is 2.27. The number of carbonyl (C=O) groups excluding carboxylic acids is 1. The van der Waals surface area contributed by atoms with E-state index in [1.54, 1.807) is 0 Å². The number of benzene rings is 1. The van der Waals surface area contributed by atoms with Crippen LogP contribution in [-0.4, -0.2) is 11.1 Å². The van der Waals surface area contributed by atoms with Crippen molar-refractivity contribution in [2.24, 2.45) is 5.92 Å². The van der Waals surface area contributed by atoms with Gasteiger partial charge >= 0.3 is 0 Å². The van der Waals surface area contributed by atoms with Gasteiger partial charge in [-0.05, 0) is 36.5 Å². The largest absolute Gasteiger partial charge is 0.302 e. The minimum absolute atomic E-state index is 0.0280. The van der Waals surface area contributed by atoms with E-state index in [0.29, 0.717) is 5.92 Å². The van der Waals surface area contributed by atoms with Crippen LogP contribution >= 0.6 is 27.5 Å². The molecule has 0 bridgehead atoms. The number of hydrogen-bond acceptors (Lipinski definition) is 1. The zero-order chi connectivity index (χ0) is 11.3. The van der Waals surface area contributed by atoms with Gasteiger partial charge in [-0.25, -0.2) is 0 Å². The van der Waals surface area contributed by atoms with Crippen molar-refractivity contribution in [3.05, 3.63) is 34.9 Å². The molecule has 0 heterocycles. The van der Waals surface area contributed by atoms with Crippen LogP contribution in [0.5, 0.6) is 0 Å². The van der Waals surface area contributed by atoms with Crippen LogP contribution in [-0.2, 0) is 11.2 Å². The molecule has 1 aromatic carbocycles. The first-order valence-electron chi connectivity index (χ1n) is 4.95. The summed E-state index contributed by atoms with van der Waals surface area (Å²) in [4.78, 5) is 10.4. The van der Waals surface area contributed by atoms with Gasteiger partial charge in [0.05, 0.1) is 4.83 Å². The second kappa shape index (κ2) is 6.29. The molecule has 1 aromatic rings. The van der Waals surface area contributed by atoms with Gasteiger partial charge in [0.25, 0.3) is 0 Å². The molecule has 0 saturated heterocycles. The fraction of sp³-hybridized carbons (Fsp3) is 0.417. The van der Waals surface area contributed by atoms with Gasteiger partial charge < -0.3 is 4.79 Å². The Labute approximate surface area is 104 Å². The summed E-state index contributed by atoms with van der Waals surface area (Å²) >= 11 is 9.11. The van der Waals surface area contributed by atoms with Crippen LogP contribution in [0.1, 0.15) is 18.9 Å². The highest BCUT2D eigenvalue weighted by molar-refractivity contribution is 9.09. The molecule has 0 aliphatic heterocycles. The number of alkyl halides is 1. The molecule has 0 spiro atoms. The fourth-order valence-electron chi connectivity index (χ4n) is 1.55. The van der Waals surface area contributed by atoms with Crippen LogP contribution in [0.15, 0.2) is 24.3 Å². The smallest absolute Gasteiger partial charge is 0.133 e. The van der Waals surface area contributed by atoms with E-state index in [2.05, 4.69) is 22.9 Å². The van der Waals surface area contributed by atoms with Crippen molar-refractivity contribution in [3.8, 4) is 0 Å². The summed E-state index contributed by atoms with van der Waals surface area (Å²) in [5.74, 6) is 0.487. The lowest BCUT2D eigenvalue weighted by Crippen LogP contribution is -2.08. The van der Waals surface area contributed by atoms with E-state index in [9.17, 15) is 4.79 Å². The lowest BCUT2D eigenvalue weighted by atomic mass is 9.97. The van der Waals surface area contributed by atoms with Crippen molar-refractivity contribution in [3.63, 3.8) is 0 Å². The lowest BCUT2D eigenvalue weighted by molar-refractivity contribution is -0.107. The first kappa shape index (κ1) is 12.7. The van der Waals surface area contributed by atoms with Crippen molar-refractivity contribution in [1.82, 2.24) is 0 Å². The van der Waals surface area contributed by atoms with Crippen molar-refractivity contribution < 1.29 is 4.79 Å². The van der Waals surface area contributed by atoms with Crippen molar-refractivity contribution in [1.29, 1.82) is 0 Å². The van der Waals surface area contributed by atoms with E-state index in [-0.39, 0.29) is 4.83 Å². The van der Waals surface area contributed by atoms with Gasteiger partial charge in [0.15, 0.2) is 0 Å². The zero-order valence-corrected chi connectivity index (χ0v) is 11.0. The standard InChI is InChI=1S/C12H14BrClO/c1-9(7-11(13)8-15)6-10-2-4-12(14)5-3-10/h2-5,8-9,11H,6-7H2,1H3. The van der Waals surface area contributed by atoms with Crippen LogP contribution in [0.2, 0.25) is 5.02 Å². The van der Waals surface area contributed by atoms with E-state index in [1.165, 1.54) is 5.56 Å². The number of aldehydes is 1. The topological polar surface area (TPSA) is 17.1 Å². The minimum Gasteiger partial charge on any atom is -0.302 e. The summed E-state index contributed by atoms with van der Waals surface area (Å²) in [7, 11) is 0. The summed E-state index contributed by atoms with van der Waals surface area (Å²) < 4.78 is 0. The SMILES string of the molecule is CC(Cc1ccc(Cl)cc1)CC(Br)C=O. The van der Waals surface area contributed by atoms with Crippen LogP contribution in [0.25, 0.3) is 0 Å². The number of hydrogen-bond donors (Lipinski definition) is 0. The van der Waals surface area contributed by atoms with Crippen LogP contribution in [0, 0.1) is 5.92 Å². The first-order valence-corrected chi connectivity index (χ1v) is 6.25. The summed E-state index contributed by atoms with van der Waals surface area (Å²) in [6.45, 7) is 2.15. The Kier molecular flexibility index (Phi) is 5.34. The second-order valence-electron chi connectivity index (χ2n) is 3.82. The Morgan fingerprint density at radius 2 is 2.00 bits per heavy atom. The van der Waals surface area contributed by atoms with Gasteiger partial charge in [-0.1, -0.05) is 46.6 Å². The van der Waals surface area contributed by atoms with Crippen LogP contribution in [0.4, 0.5) is 0 Å². The quantitative estimate of drug-likeness (QED) is 0.594. The number of halogens is 2. The summed E-state index contributed by atoms with van der Waals surface area (Å²) in [6, 6.07) is 7.86. The number of carbonyl (C=O) groups is 1. The maximum atomic E-state index is 10.5. The Hall–Kier alpha value is -0.340. The molecular formula is C12H14BrClO. The monoisotopic (exact) mass is 288 g/mol. The molecule has 0 aromatic heterocycles. The van der Waals surface area contributed by atoms with Gasteiger partial charge in [-0.15, -0.1) is 0 Å². The molecule has 0 aliphatic carbocycles. The maximum absolute atomic E-state index is 10.5. The predicted molar refractivity (Wildman–Crippen MR) is 67.7 cm³/mol. The van der Waals surface area contributed by atoms with Gasteiger partial charge in [-0.2, -0.15) is 0 Å². The minimum atomic E-state index is -0.0280. The van der Waals surface area contributed by atoms with E-state index >= 15 is 0 Å². The summed E-state index contributed by atoms with van der Waals surface area (Å²) in [5, 5.41) is 0.762. The Balaban J connectivity index is 2.47. The molecule has 2 atom stereocenters. The van der Waals surface area contributed by atoms with Crippen molar-refractivity contribution in [2.75, 3.05) is 0 Å². The van der Waals surface area contributed by atoms with Crippen molar-refractivity contribution >= 4 is 33.8 Å². The molecule has 0 radical (unpaired) electrons. The molecule has 1 rings (SSSR count). The third-order valence-corrected chi connectivity index (χ3v) is 3.11. The fourth-order valence-corrected chi connectivity index (χ4v) is 2.31. The average molecular weight is 290 g/mol. The predicted octanol–water partition coefficient (Wildman–Crippen LogP) is 3.87. The van der Waals surface area contributed by atoms with Crippen LogP contribution < -0.4 is 0 Å². The summed E-state index contributed by atoms with van der Waals surface area (Å²) in [5.41, 5.74) is 1.26.